The number of aromatic amines is 1. The van der Waals surface area contributed by atoms with Gasteiger partial charge in [0.1, 0.15) is 5.69 Å². The molecule has 2 atom stereocenters. The molecule has 2 fully saturated rings. The standard InChI is InChI=1S/C17H21N5O.C2HF3O2/c23-17(16-3-7-19-20-16)22-11-14-4-8-21(10-15(14)12-22)9-13-1-5-18-6-2-13;3-2(4,5)1(6)7/h1-3,5-7,14-15H,4,8-12H2,(H,19,20);(H,6,7)/t14-,15+;/m0./s1. The van der Waals surface area contributed by atoms with Crippen LogP contribution in [-0.4, -0.2) is 74.3 Å². The molecule has 0 bridgehead atoms. The molecule has 0 spiro atoms. The van der Waals surface area contributed by atoms with Gasteiger partial charge in [-0.15, -0.1) is 0 Å². The predicted octanol–water partition coefficient (Wildman–Crippen LogP) is 2.03. The number of hydrogen-bond acceptors (Lipinski definition) is 5. The Hall–Kier alpha value is -2.95. The molecule has 0 unspecified atom stereocenters. The molecule has 11 heteroatoms. The summed E-state index contributed by atoms with van der Waals surface area (Å²) < 4.78 is 31.7. The van der Waals surface area contributed by atoms with Crippen molar-refractivity contribution in [1.29, 1.82) is 0 Å². The fourth-order valence-corrected chi connectivity index (χ4v) is 3.85. The minimum atomic E-state index is -5.08. The van der Waals surface area contributed by atoms with Crippen molar-refractivity contribution in [2.24, 2.45) is 11.8 Å². The molecule has 2 aromatic heterocycles. The Bertz CT molecular complexity index is 845. The minimum Gasteiger partial charge on any atom is -0.475 e. The summed E-state index contributed by atoms with van der Waals surface area (Å²) in [6, 6.07) is 5.91. The van der Waals surface area contributed by atoms with Crippen LogP contribution in [0, 0.1) is 11.8 Å². The monoisotopic (exact) mass is 425 g/mol. The number of piperidine rings is 1. The number of amides is 1. The Balaban J connectivity index is 0.000000318. The minimum absolute atomic E-state index is 0.0811. The SMILES string of the molecule is O=C(O)C(F)(F)F.O=C(c1ccn[nH]1)N1C[C@H]2CN(Cc3ccncc3)CC[C@H]2C1. The zero-order valence-corrected chi connectivity index (χ0v) is 16.0. The van der Waals surface area contributed by atoms with Crippen LogP contribution in [0.1, 0.15) is 22.5 Å². The second-order valence-corrected chi connectivity index (χ2v) is 7.38. The molecule has 30 heavy (non-hydrogen) atoms. The van der Waals surface area contributed by atoms with Crippen molar-refractivity contribution in [2.75, 3.05) is 26.2 Å². The topological polar surface area (TPSA) is 102 Å². The fourth-order valence-electron chi connectivity index (χ4n) is 3.85. The molecule has 4 rings (SSSR count). The first-order chi connectivity index (χ1) is 14.2. The summed E-state index contributed by atoms with van der Waals surface area (Å²) in [6.45, 7) is 4.89. The third-order valence-corrected chi connectivity index (χ3v) is 5.30. The van der Waals surface area contributed by atoms with E-state index in [9.17, 15) is 18.0 Å². The number of H-pyrrole nitrogens is 1. The van der Waals surface area contributed by atoms with Gasteiger partial charge in [0.15, 0.2) is 0 Å². The maximum Gasteiger partial charge on any atom is 0.490 e. The summed E-state index contributed by atoms with van der Waals surface area (Å²) in [6.07, 6.45) is 1.42. The van der Waals surface area contributed by atoms with Crippen molar-refractivity contribution < 1.29 is 27.9 Å². The second kappa shape index (κ2) is 9.24. The Morgan fingerprint density at radius 1 is 1.10 bits per heavy atom. The molecular formula is C19H22F3N5O3. The van der Waals surface area contributed by atoms with Crippen molar-refractivity contribution in [1.82, 2.24) is 25.0 Å². The molecule has 2 aliphatic rings. The molecule has 0 aliphatic carbocycles. The summed E-state index contributed by atoms with van der Waals surface area (Å²) in [4.78, 5) is 29.9. The number of carbonyl (C=O) groups excluding carboxylic acids is 1. The van der Waals surface area contributed by atoms with Crippen LogP contribution in [0.25, 0.3) is 0 Å². The second-order valence-electron chi connectivity index (χ2n) is 7.38. The third kappa shape index (κ3) is 5.56. The summed E-state index contributed by atoms with van der Waals surface area (Å²) in [7, 11) is 0. The highest BCUT2D eigenvalue weighted by Crippen LogP contribution is 2.32. The lowest BCUT2D eigenvalue weighted by Crippen LogP contribution is -2.39. The zero-order chi connectivity index (χ0) is 21.7. The number of aromatic nitrogens is 3. The number of carboxylic acids is 1. The van der Waals surface area contributed by atoms with Crippen LogP contribution in [0.15, 0.2) is 36.8 Å². The van der Waals surface area contributed by atoms with Gasteiger partial charge in [-0.25, -0.2) is 4.79 Å². The van der Waals surface area contributed by atoms with Crippen LogP contribution in [0.2, 0.25) is 0 Å². The van der Waals surface area contributed by atoms with Gasteiger partial charge >= 0.3 is 12.1 Å². The first-order valence-electron chi connectivity index (χ1n) is 9.44. The van der Waals surface area contributed by atoms with Gasteiger partial charge in [0.2, 0.25) is 0 Å². The number of rotatable bonds is 3. The van der Waals surface area contributed by atoms with Crippen molar-refractivity contribution in [3.05, 3.63) is 48.0 Å². The van der Waals surface area contributed by atoms with E-state index in [2.05, 4.69) is 32.2 Å². The van der Waals surface area contributed by atoms with Gasteiger partial charge in [0.25, 0.3) is 5.91 Å². The molecule has 0 aromatic carbocycles. The van der Waals surface area contributed by atoms with E-state index in [-0.39, 0.29) is 5.91 Å². The van der Waals surface area contributed by atoms with Gasteiger partial charge in [-0.05, 0) is 48.6 Å². The van der Waals surface area contributed by atoms with Gasteiger partial charge in [-0.2, -0.15) is 18.3 Å². The molecular weight excluding hydrogens is 403 g/mol. The first-order valence-corrected chi connectivity index (χ1v) is 9.44. The smallest absolute Gasteiger partial charge is 0.475 e. The molecule has 0 radical (unpaired) electrons. The van der Waals surface area contributed by atoms with Crippen molar-refractivity contribution in [2.45, 2.75) is 19.1 Å². The quantitative estimate of drug-likeness (QED) is 0.780. The summed E-state index contributed by atoms with van der Waals surface area (Å²) >= 11 is 0. The van der Waals surface area contributed by atoms with Gasteiger partial charge in [-0.1, -0.05) is 0 Å². The van der Waals surface area contributed by atoms with Crippen LogP contribution >= 0.6 is 0 Å². The predicted molar refractivity (Wildman–Crippen MR) is 99.3 cm³/mol. The molecule has 2 aromatic rings. The van der Waals surface area contributed by atoms with E-state index in [4.69, 9.17) is 9.90 Å². The highest BCUT2D eigenvalue weighted by atomic mass is 19.4. The number of pyridine rings is 1. The maximum absolute atomic E-state index is 12.5. The average molecular weight is 425 g/mol. The van der Waals surface area contributed by atoms with E-state index in [1.807, 2.05) is 17.3 Å². The largest absolute Gasteiger partial charge is 0.490 e. The van der Waals surface area contributed by atoms with E-state index in [1.165, 1.54) is 12.0 Å². The van der Waals surface area contributed by atoms with E-state index < -0.39 is 12.1 Å². The molecule has 2 saturated heterocycles. The Morgan fingerprint density at radius 3 is 2.37 bits per heavy atom. The Kier molecular flexibility index (Phi) is 6.70. The molecule has 0 saturated carbocycles. The van der Waals surface area contributed by atoms with Crippen LogP contribution in [-0.2, 0) is 11.3 Å². The number of aliphatic carboxylic acids is 1. The van der Waals surface area contributed by atoms with Crippen LogP contribution in [0.4, 0.5) is 13.2 Å². The molecule has 162 valence electrons. The first kappa shape index (κ1) is 21.8. The number of nitrogens with one attached hydrogen (secondary N) is 1. The Labute approximate surface area is 170 Å². The van der Waals surface area contributed by atoms with E-state index >= 15 is 0 Å². The molecule has 2 aliphatic heterocycles. The number of likely N-dealkylation sites (tertiary alicyclic amines) is 2. The number of alkyl halides is 3. The van der Waals surface area contributed by atoms with Gasteiger partial charge in [0.05, 0.1) is 0 Å². The molecule has 4 heterocycles. The molecule has 2 N–H and O–H groups in total. The lowest BCUT2D eigenvalue weighted by Gasteiger charge is -2.34. The number of fused-ring (bicyclic) bond motifs is 1. The van der Waals surface area contributed by atoms with E-state index in [0.717, 1.165) is 32.7 Å². The number of nitrogens with zero attached hydrogens (tertiary/aromatic N) is 4. The van der Waals surface area contributed by atoms with Crippen molar-refractivity contribution in [3.8, 4) is 0 Å². The molecule has 1 amide bonds. The third-order valence-electron chi connectivity index (χ3n) is 5.30. The fraction of sp³-hybridized carbons (Fsp3) is 0.474. The molecule has 8 nitrogen and oxygen atoms in total. The van der Waals surface area contributed by atoms with Crippen LogP contribution in [0.5, 0.6) is 0 Å². The normalized spacial score (nSPS) is 21.5. The lowest BCUT2D eigenvalue weighted by atomic mass is 9.88. The number of hydrogen-bond donors (Lipinski definition) is 2. The van der Waals surface area contributed by atoms with Crippen molar-refractivity contribution in [3.63, 3.8) is 0 Å². The Morgan fingerprint density at radius 2 is 1.77 bits per heavy atom. The van der Waals surface area contributed by atoms with Gasteiger partial charge in [-0.3, -0.25) is 19.8 Å². The number of carboxylic acid groups (broad SMARTS) is 1. The number of halogens is 3. The van der Waals surface area contributed by atoms with Gasteiger partial charge < -0.3 is 10.0 Å². The zero-order valence-electron chi connectivity index (χ0n) is 16.0. The van der Waals surface area contributed by atoms with Crippen LogP contribution in [0.3, 0.4) is 0 Å². The lowest BCUT2D eigenvalue weighted by molar-refractivity contribution is -0.192. The highest BCUT2D eigenvalue weighted by Gasteiger charge is 2.39. The van der Waals surface area contributed by atoms with Gasteiger partial charge in [0, 0.05) is 44.8 Å². The summed E-state index contributed by atoms with van der Waals surface area (Å²) in [5.41, 5.74) is 1.90. The maximum atomic E-state index is 12.5. The average Bonchev–Trinajstić information content (AvgIpc) is 3.38. The van der Waals surface area contributed by atoms with Crippen LogP contribution < -0.4 is 0 Å². The summed E-state index contributed by atoms with van der Waals surface area (Å²) in [5, 5.41) is 13.8. The van der Waals surface area contributed by atoms with E-state index in [0.29, 0.717) is 17.5 Å². The number of carbonyl (C=O) groups is 2. The van der Waals surface area contributed by atoms with Crippen molar-refractivity contribution >= 4 is 11.9 Å². The highest BCUT2D eigenvalue weighted by molar-refractivity contribution is 5.92. The van der Waals surface area contributed by atoms with E-state index in [1.54, 1.807) is 12.3 Å². The summed E-state index contributed by atoms with van der Waals surface area (Å²) in [5.74, 6) is -1.46.